The van der Waals surface area contributed by atoms with Crippen molar-refractivity contribution in [3.63, 3.8) is 0 Å². The SMILES string of the molecule is Cc1nc(-c2cn(S)c3ncc(C4CCC(N5CCCOCC5)CC4)cc23)cs1. The summed E-state index contributed by atoms with van der Waals surface area (Å²) in [7, 11) is 0. The highest BCUT2D eigenvalue weighted by Gasteiger charge is 2.27. The number of hydrogen-bond donors (Lipinski definition) is 1. The van der Waals surface area contributed by atoms with Crippen LogP contribution in [-0.4, -0.2) is 51.2 Å². The van der Waals surface area contributed by atoms with Crippen LogP contribution in [0.5, 0.6) is 0 Å². The lowest BCUT2D eigenvalue weighted by Crippen LogP contribution is -2.39. The van der Waals surface area contributed by atoms with E-state index in [0.29, 0.717) is 5.92 Å². The number of aromatic nitrogens is 3. The summed E-state index contributed by atoms with van der Waals surface area (Å²) in [5, 5.41) is 4.37. The van der Waals surface area contributed by atoms with E-state index in [1.165, 1.54) is 44.2 Å². The van der Waals surface area contributed by atoms with Gasteiger partial charge in [0.2, 0.25) is 0 Å². The molecule has 2 aliphatic rings. The monoisotopic (exact) mass is 428 g/mol. The molecule has 1 aliphatic heterocycles. The third-order valence-corrected chi connectivity index (χ3v) is 7.56. The molecule has 5 rings (SSSR count). The molecule has 0 N–H and O–H groups in total. The van der Waals surface area contributed by atoms with E-state index >= 15 is 0 Å². The van der Waals surface area contributed by atoms with Crippen molar-refractivity contribution in [1.29, 1.82) is 0 Å². The minimum absolute atomic E-state index is 0.597. The van der Waals surface area contributed by atoms with Gasteiger partial charge in [0.1, 0.15) is 5.65 Å². The fourth-order valence-electron chi connectivity index (χ4n) is 4.93. The van der Waals surface area contributed by atoms with E-state index in [-0.39, 0.29) is 0 Å². The summed E-state index contributed by atoms with van der Waals surface area (Å²) >= 11 is 6.27. The largest absolute Gasteiger partial charge is 0.380 e. The van der Waals surface area contributed by atoms with E-state index in [1.807, 2.05) is 17.1 Å². The first-order chi connectivity index (χ1) is 14.2. The lowest BCUT2D eigenvalue weighted by atomic mass is 9.81. The molecule has 5 nitrogen and oxygen atoms in total. The fourth-order valence-corrected chi connectivity index (χ4v) is 5.81. The molecule has 0 unspecified atom stereocenters. The van der Waals surface area contributed by atoms with Crippen molar-refractivity contribution in [3.8, 4) is 11.3 Å². The Kier molecular flexibility index (Phi) is 5.65. The molecule has 0 aromatic carbocycles. The van der Waals surface area contributed by atoms with E-state index in [2.05, 4.69) is 40.3 Å². The van der Waals surface area contributed by atoms with Crippen molar-refractivity contribution in [2.75, 3.05) is 26.3 Å². The third-order valence-electron chi connectivity index (χ3n) is 6.48. The van der Waals surface area contributed by atoms with Gasteiger partial charge in [0, 0.05) is 54.5 Å². The van der Waals surface area contributed by atoms with Gasteiger partial charge in [-0.2, -0.15) is 0 Å². The number of nitrogens with zero attached hydrogens (tertiary/aromatic N) is 4. The minimum atomic E-state index is 0.597. The Labute approximate surface area is 181 Å². The molecular formula is C22H28N4OS2. The normalized spacial score (nSPS) is 24.1. The molecule has 2 fully saturated rings. The maximum absolute atomic E-state index is 5.64. The Morgan fingerprint density at radius 3 is 2.83 bits per heavy atom. The zero-order valence-corrected chi connectivity index (χ0v) is 18.6. The average Bonchev–Trinajstić information content (AvgIpc) is 3.19. The smallest absolute Gasteiger partial charge is 0.150 e. The summed E-state index contributed by atoms with van der Waals surface area (Å²) in [5.41, 5.74) is 4.43. The van der Waals surface area contributed by atoms with Crippen molar-refractivity contribution < 1.29 is 4.74 Å². The highest BCUT2D eigenvalue weighted by Crippen LogP contribution is 2.38. The summed E-state index contributed by atoms with van der Waals surface area (Å²) in [5.74, 6) is 0.597. The zero-order valence-electron chi connectivity index (χ0n) is 16.9. The van der Waals surface area contributed by atoms with Crippen LogP contribution in [0.15, 0.2) is 23.8 Å². The molecule has 1 aliphatic carbocycles. The van der Waals surface area contributed by atoms with Crippen LogP contribution in [0, 0.1) is 6.92 Å². The van der Waals surface area contributed by atoms with E-state index in [9.17, 15) is 0 Å². The number of thiol groups is 1. The number of fused-ring (bicyclic) bond motifs is 1. The first-order valence-electron chi connectivity index (χ1n) is 10.6. The quantitative estimate of drug-likeness (QED) is 0.602. The molecule has 3 aromatic rings. The third kappa shape index (κ3) is 3.98. The standard InChI is InChI=1S/C22H28N4OS2/c1-15-24-21(14-29-15)20-13-26(28)22-19(20)11-17(12-23-22)16-3-5-18(6-4-16)25-7-2-9-27-10-8-25/h11-14,16,18,28H,2-10H2,1H3. The van der Waals surface area contributed by atoms with Crippen LogP contribution in [0.1, 0.15) is 48.6 Å². The van der Waals surface area contributed by atoms with Crippen molar-refractivity contribution >= 4 is 35.2 Å². The fraction of sp³-hybridized carbons (Fsp3) is 0.545. The highest BCUT2D eigenvalue weighted by atomic mass is 32.1. The van der Waals surface area contributed by atoms with Crippen molar-refractivity contribution in [2.45, 2.75) is 51.0 Å². The molecule has 3 aromatic heterocycles. The summed E-state index contributed by atoms with van der Waals surface area (Å²) in [4.78, 5) is 12.1. The van der Waals surface area contributed by atoms with Crippen LogP contribution < -0.4 is 0 Å². The van der Waals surface area contributed by atoms with Gasteiger partial charge in [-0.15, -0.1) is 11.3 Å². The lowest BCUT2D eigenvalue weighted by molar-refractivity contribution is 0.118. The second-order valence-electron chi connectivity index (χ2n) is 8.29. The summed E-state index contributed by atoms with van der Waals surface area (Å²) in [6.45, 7) is 6.14. The number of pyridine rings is 1. The molecule has 4 heterocycles. The predicted octanol–water partition coefficient (Wildman–Crippen LogP) is 4.91. The van der Waals surface area contributed by atoms with Gasteiger partial charge in [-0.1, -0.05) is 12.8 Å². The van der Waals surface area contributed by atoms with Crippen LogP contribution in [0.3, 0.4) is 0 Å². The number of rotatable bonds is 3. The van der Waals surface area contributed by atoms with Gasteiger partial charge < -0.3 is 4.74 Å². The van der Waals surface area contributed by atoms with Crippen molar-refractivity contribution in [2.24, 2.45) is 0 Å². The van der Waals surface area contributed by atoms with Crippen LogP contribution in [0.4, 0.5) is 0 Å². The molecule has 29 heavy (non-hydrogen) atoms. The number of ether oxygens (including phenoxy) is 1. The molecule has 1 saturated heterocycles. The van der Waals surface area contributed by atoms with Gasteiger partial charge in [-0.3, -0.25) is 8.87 Å². The van der Waals surface area contributed by atoms with E-state index in [4.69, 9.17) is 9.72 Å². The average molecular weight is 429 g/mol. The second-order valence-corrected chi connectivity index (χ2v) is 9.78. The molecule has 0 bridgehead atoms. The van der Waals surface area contributed by atoms with Crippen LogP contribution >= 0.6 is 24.2 Å². The number of thiazole rings is 1. The van der Waals surface area contributed by atoms with Crippen LogP contribution in [0.25, 0.3) is 22.3 Å². The van der Waals surface area contributed by atoms with Crippen molar-refractivity contribution in [3.05, 3.63) is 34.4 Å². The summed E-state index contributed by atoms with van der Waals surface area (Å²) in [6, 6.07) is 3.06. The minimum Gasteiger partial charge on any atom is -0.380 e. The maximum Gasteiger partial charge on any atom is 0.150 e. The van der Waals surface area contributed by atoms with Gasteiger partial charge in [-0.05, 0) is 56.6 Å². The summed E-state index contributed by atoms with van der Waals surface area (Å²) in [6.07, 6.45) is 10.3. The van der Waals surface area contributed by atoms with Gasteiger partial charge in [0.05, 0.1) is 17.3 Å². The van der Waals surface area contributed by atoms with E-state index < -0.39 is 0 Å². The van der Waals surface area contributed by atoms with Crippen molar-refractivity contribution in [1.82, 2.24) is 18.8 Å². The molecule has 1 saturated carbocycles. The first kappa shape index (κ1) is 19.5. The predicted molar refractivity (Wildman–Crippen MR) is 122 cm³/mol. The Balaban J connectivity index is 1.36. The van der Waals surface area contributed by atoms with Gasteiger partial charge >= 0.3 is 0 Å². The molecule has 0 spiro atoms. The maximum atomic E-state index is 5.64. The topological polar surface area (TPSA) is 43.2 Å². The molecule has 7 heteroatoms. The Hall–Kier alpha value is -1.41. The van der Waals surface area contributed by atoms with Crippen LogP contribution in [-0.2, 0) is 4.74 Å². The molecule has 154 valence electrons. The number of hydrogen-bond acceptors (Lipinski definition) is 6. The van der Waals surface area contributed by atoms with Gasteiger partial charge in [0.25, 0.3) is 0 Å². The van der Waals surface area contributed by atoms with E-state index in [0.717, 1.165) is 53.1 Å². The van der Waals surface area contributed by atoms with Gasteiger partial charge in [-0.25, -0.2) is 9.97 Å². The van der Waals surface area contributed by atoms with Crippen LogP contribution in [0.2, 0.25) is 0 Å². The first-order valence-corrected chi connectivity index (χ1v) is 11.9. The lowest BCUT2D eigenvalue weighted by Gasteiger charge is -2.36. The highest BCUT2D eigenvalue weighted by molar-refractivity contribution is 7.78. The molecule has 0 radical (unpaired) electrons. The zero-order chi connectivity index (χ0) is 19.8. The molecule has 0 atom stereocenters. The summed E-state index contributed by atoms with van der Waals surface area (Å²) < 4.78 is 7.46. The second kappa shape index (κ2) is 8.38. The Bertz CT molecular complexity index is 982. The van der Waals surface area contributed by atoms with E-state index in [1.54, 1.807) is 11.3 Å². The molecule has 0 amide bonds. The van der Waals surface area contributed by atoms with Gasteiger partial charge in [0.15, 0.2) is 0 Å². The Morgan fingerprint density at radius 2 is 2.03 bits per heavy atom. The number of aryl methyl sites for hydroxylation is 1. The Morgan fingerprint density at radius 1 is 1.17 bits per heavy atom. The molecular weight excluding hydrogens is 400 g/mol.